The minimum Gasteiger partial charge on any atom is -0.384 e. The summed E-state index contributed by atoms with van der Waals surface area (Å²) in [5, 5.41) is 0.961. The third kappa shape index (κ3) is 2.42. The third-order valence-electron chi connectivity index (χ3n) is 4.38. The average Bonchev–Trinajstić information content (AvgIpc) is 3.11. The Labute approximate surface area is 144 Å². The quantitative estimate of drug-likeness (QED) is 0.581. The molecule has 25 heavy (non-hydrogen) atoms. The maximum absolute atomic E-state index is 11.9. The number of nitrogens with zero attached hydrogens (tertiary/aromatic N) is 4. The molecule has 0 saturated carbocycles. The molecule has 0 atom stereocenters. The van der Waals surface area contributed by atoms with E-state index in [1.165, 1.54) is 0 Å². The Morgan fingerprint density at radius 2 is 1.96 bits per heavy atom. The summed E-state index contributed by atoms with van der Waals surface area (Å²) in [4.78, 5) is 24.9. The molecule has 0 aromatic carbocycles. The molecule has 0 fully saturated rings. The van der Waals surface area contributed by atoms with Crippen LogP contribution in [0, 0.1) is 6.92 Å². The number of aromatic nitrogens is 4. The second kappa shape index (κ2) is 5.66. The van der Waals surface area contributed by atoms with Crippen molar-refractivity contribution in [1.29, 1.82) is 0 Å². The molecule has 2 N–H and O–H groups in total. The van der Waals surface area contributed by atoms with Gasteiger partial charge in [0.05, 0.1) is 5.52 Å². The van der Waals surface area contributed by atoms with Gasteiger partial charge in [-0.05, 0) is 24.6 Å². The average molecular weight is 331 g/mol. The molecule has 4 rings (SSSR count). The van der Waals surface area contributed by atoms with Crippen LogP contribution in [0.1, 0.15) is 29.4 Å². The van der Waals surface area contributed by atoms with Crippen molar-refractivity contribution in [3.63, 3.8) is 0 Å². The summed E-state index contributed by atoms with van der Waals surface area (Å²) in [5.74, 6) is 0.509. The van der Waals surface area contributed by atoms with Crippen molar-refractivity contribution in [1.82, 2.24) is 19.4 Å². The number of nitrogen functional groups attached to an aromatic ring is 1. The number of pyridine rings is 3. The van der Waals surface area contributed by atoms with E-state index in [2.05, 4.69) is 15.0 Å². The van der Waals surface area contributed by atoms with E-state index >= 15 is 0 Å². The van der Waals surface area contributed by atoms with Crippen LogP contribution >= 0.6 is 0 Å². The van der Waals surface area contributed by atoms with E-state index in [1.807, 2.05) is 42.6 Å². The number of aryl methyl sites for hydroxylation is 1. The Kier molecular flexibility index (Phi) is 3.46. The van der Waals surface area contributed by atoms with Gasteiger partial charge in [0.1, 0.15) is 17.2 Å². The molecule has 0 aliphatic heterocycles. The Morgan fingerprint density at radius 3 is 2.72 bits per heavy atom. The molecule has 0 aliphatic carbocycles. The van der Waals surface area contributed by atoms with Gasteiger partial charge in [0, 0.05) is 53.8 Å². The molecule has 0 radical (unpaired) electrons. The third-order valence-corrected chi connectivity index (χ3v) is 4.38. The Morgan fingerprint density at radius 1 is 1.12 bits per heavy atom. The smallest absolute Gasteiger partial charge is 0.180 e. The van der Waals surface area contributed by atoms with Crippen molar-refractivity contribution < 1.29 is 4.79 Å². The highest BCUT2D eigenvalue weighted by Gasteiger charge is 2.14. The lowest BCUT2D eigenvalue weighted by atomic mass is 10.0. The van der Waals surface area contributed by atoms with Gasteiger partial charge in [-0.3, -0.25) is 14.2 Å². The van der Waals surface area contributed by atoms with Crippen LogP contribution in [-0.2, 0) is 0 Å². The van der Waals surface area contributed by atoms with Gasteiger partial charge < -0.3 is 5.73 Å². The zero-order valence-corrected chi connectivity index (χ0v) is 14.0. The number of nitrogens with two attached hydrogens (primary N) is 1. The summed E-state index contributed by atoms with van der Waals surface area (Å²) < 4.78 is 1.99. The van der Waals surface area contributed by atoms with Gasteiger partial charge >= 0.3 is 0 Å². The van der Waals surface area contributed by atoms with Crippen molar-refractivity contribution >= 4 is 28.2 Å². The number of hydrogen-bond acceptors (Lipinski definition) is 5. The lowest BCUT2D eigenvalue weighted by Crippen LogP contribution is -2.02. The number of carbonyl (C=O) groups is 1. The van der Waals surface area contributed by atoms with E-state index in [1.54, 1.807) is 18.6 Å². The molecule has 6 heteroatoms. The monoisotopic (exact) mass is 331 g/mol. The fourth-order valence-electron chi connectivity index (χ4n) is 3.08. The minimum absolute atomic E-state index is 0.0406. The predicted octanol–water partition coefficient (Wildman–Crippen LogP) is 3.43. The molecule has 4 aromatic heterocycles. The number of hydrogen-bond donors (Lipinski definition) is 1. The molecule has 0 amide bonds. The van der Waals surface area contributed by atoms with Crippen LogP contribution < -0.4 is 5.73 Å². The summed E-state index contributed by atoms with van der Waals surface area (Å²) in [6, 6.07) is 5.71. The first-order valence-corrected chi connectivity index (χ1v) is 8.10. The maximum atomic E-state index is 11.9. The Balaban J connectivity index is 1.99. The van der Waals surface area contributed by atoms with Crippen molar-refractivity contribution in [2.24, 2.45) is 0 Å². The molecule has 6 nitrogen and oxygen atoms in total. The Hall–Kier alpha value is -3.28. The zero-order chi connectivity index (χ0) is 17.6. The second-order valence-electron chi connectivity index (χ2n) is 6.01. The summed E-state index contributed by atoms with van der Waals surface area (Å²) in [5.41, 5.74) is 11.0. The number of ketones is 1. The van der Waals surface area contributed by atoms with Crippen molar-refractivity contribution in [3.05, 3.63) is 54.2 Å². The first kappa shape index (κ1) is 15.3. The number of imidazole rings is 1. The summed E-state index contributed by atoms with van der Waals surface area (Å²) in [7, 11) is 0. The first-order valence-electron chi connectivity index (χ1n) is 8.10. The van der Waals surface area contributed by atoms with Gasteiger partial charge in [-0.1, -0.05) is 6.92 Å². The van der Waals surface area contributed by atoms with Gasteiger partial charge in [-0.2, -0.15) is 0 Å². The van der Waals surface area contributed by atoms with Crippen LogP contribution in [0.2, 0.25) is 0 Å². The van der Waals surface area contributed by atoms with E-state index in [9.17, 15) is 4.79 Å². The molecular formula is C19H17N5O. The van der Waals surface area contributed by atoms with Gasteiger partial charge in [0.15, 0.2) is 5.78 Å². The number of rotatable bonds is 3. The molecule has 0 spiro atoms. The van der Waals surface area contributed by atoms with E-state index in [-0.39, 0.29) is 5.78 Å². The van der Waals surface area contributed by atoms with Crippen molar-refractivity contribution in [2.75, 3.05) is 5.73 Å². The first-order chi connectivity index (χ1) is 12.1. The zero-order valence-electron chi connectivity index (χ0n) is 14.0. The van der Waals surface area contributed by atoms with Gasteiger partial charge in [-0.15, -0.1) is 0 Å². The molecule has 0 unspecified atom stereocenters. The van der Waals surface area contributed by atoms with Crippen LogP contribution in [0.15, 0.2) is 43.0 Å². The highest BCUT2D eigenvalue weighted by atomic mass is 16.1. The van der Waals surface area contributed by atoms with Crippen molar-refractivity contribution in [3.8, 4) is 11.1 Å². The molecule has 4 heterocycles. The summed E-state index contributed by atoms with van der Waals surface area (Å²) in [6.45, 7) is 3.82. The molecule has 0 bridgehead atoms. The number of Topliss-reactive ketones (excluding diaryl/α,β-unsaturated/α-hetero) is 1. The fourth-order valence-corrected chi connectivity index (χ4v) is 3.08. The topological polar surface area (TPSA) is 86.2 Å². The lowest BCUT2D eigenvalue weighted by Gasteiger charge is -2.11. The van der Waals surface area contributed by atoms with Crippen molar-refractivity contribution in [2.45, 2.75) is 20.3 Å². The Bertz CT molecular complexity index is 1130. The van der Waals surface area contributed by atoms with Crippen LogP contribution in [0.25, 0.3) is 27.7 Å². The van der Waals surface area contributed by atoms with Crippen LogP contribution in [0.3, 0.4) is 0 Å². The van der Waals surface area contributed by atoms with E-state index in [0.717, 1.165) is 33.2 Å². The number of fused-ring (bicyclic) bond motifs is 3. The predicted molar refractivity (Wildman–Crippen MR) is 97.5 cm³/mol. The number of anilines is 1. The van der Waals surface area contributed by atoms with Gasteiger partial charge in [-0.25, -0.2) is 9.97 Å². The highest BCUT2D eigenvalue weighted by molar-refractivity contribution is 5.96. The summed E-state index contributed by atoms with van der Waals surface area (Å²) in [6.07, 6.45) is 7.61. The van der Waals surface area contributed by atoms with Gasteiger partial charge in [0.25, 0.3) is 0 Å². The minimum atomic E-state index is 0.0406. The molecule has 0 aliphatic rings. The molecule has 124 valence electrons. The maximum Gasteiger partial charge on any atom is 0.180 e. The standard InChI is InChI=1S/C19H17N5O/c1-3-17(25)15-6-11(2)14(10-22-15)13-7-12-9-23-18(20)8-16(12)24-5-4-21-19(13)24/h4-10H,3H2,1-2H3,(H2,20,23). The van der Waals surface area contributed by atoms with Crippen LogP contribution in [0.4, 0.5) is 5.82 Å². The van der Waals surface area contributed by atoms with E-state index in [0.29, 0.717) is 17.9 Å². The second-order valence-corrected chi connectivity index (χ2v) is 6.01. The lowest BCUT2D eigenvalue weighted by molar-refractivity contribution is 0.0983. The molecule has 0 saturated heterocycles. The molecule has 4 aromatic rings. The van der Waals surface area contributed by atoms with Crippen LogP contribution in [0.5, 0.6) is 0 Å². The fraction of sp³-hybridized carbons (Fsp3) is 0.158. The van der Waals surface area contributed by atoms with Crippen LogP contribution in [-0.4, -0.2) is 25.1 Å². The normalized spacial score (nSPS) is 11.3. The van der Waals surface area contributed by atoms with Gasteiger partial charge in [0.2, 0.25) is 0 Å². The van der Waals surface area contributed by atoms with E-state index < -0.39 is 0 Å². The largest absolute Gasteiger partial charge is 0.384 e. The SMILES string of the molecule is CCC(=O)c1cc(C)c(-c2cc3cnc(N)cc3n3ccnc23)cn1. The molecular weight excluding hydrogens is 314 g/mol. The summed E-state index contributed by atoms with van der Waals surface area (Å²) >= 11 is 0. The van der Waals surface area contributed by atoms with E-state index in [4.69, 9.17) is 5.73 Å². The number of carbonyl (C=O) groups excluding carboxylic acids is 1. The highest BCUT2D eigenvalue weighted by Crippen LogP contribution is 2.31.